The number of hydrogen-bond donors (Lipinski definition) is 1. The van der Waals surface area contributed by atoms with Crippen LogP contribution >= 0.6 is 23.2 Å². The van der Waals surface area contributed by atoms with Crippen LogP contribution in [0.1, 0.15) is 22.8 Å². The van der Waals surface area contributed by atoms with Crippen molar-refractivity contribution in [1.82, 2.24) is 9.97 Å². The molecule has 1 N–H and O–H groups in total. The lowest BCUT2D eigenvalue weighted by Gasteiger charge is -2.25. The van der Waals surface area contributed by atoms with Crippen LogP contribution in [0, 0.1) is 0 Å². The maximum Gasteiger partial charge on any atom is 0.264 e. The van der Waals surface area contributed by atoms with E-state index in [4.69, 9.17) is 27.9 Å². The van der Waals surface area contributed by atoms with Crippen LogP contribution in [0.15, 0.2) is 60.9 Å². The first-order chi connectivity index (χ1) is 14.0. The van der Waals surface area contributed by atoms with Crippen molar-refractivity contribution in [3.05, 3.63) is 82.4 Å². The Hall–Kier alpha value is -2.67. The number of halogens is 2. The van der Waals surface area contributed by atoms with E-state index in [0.717, 1.165) is 5.56 Å². The number of ether oxygens (including phenoxy) is 1. The summed E-state index contributed by atoms with van der Waals surface area (Å²) >= 11 is 12.1. The normalized spacial score (nSPS) is 11.7. The van der Waals surface area contributed by atoms with Gasteiger partial charge in [0.25, 0.3) is 5.91 Å². The highest BCUT2D eigenvalue weighted by atomic mass is 35.5. The topological polar surface area (TPSA) is 75.5 Å². The molecule has 1 heterocycles. The van der Waals surface area contributed by atoms with E-state index in [1.807, 2.05) is 30.3 Å². The van der Waals surface area contributed by atoms with Gasteiger partial charge in [-0.3, -0.25) is 4.79 Å². The zero-order valence-corrected chi connectivity index (χ0v) is 17.1. The number of benzene rings is 2. The average molecular weight is 432 g/mol. The van der Waals surface area contributed by atoms with E-state index in [1.165, 1.54) is 11.2 Å². The van der Waals surface area contributed by atoms with E-state index < -0.39 is 12.0 Å². The molecule has 3 rings (SSSR count). The van der Waals surface area contributed by atoms with Crippen molar-refractivity contribution in [3.8, 4) is 5.75 Å². The van der Waals surface area contributed by atoms with Crippen LogP contribution in [0.5, 0.6) is 5.75 Å². The molecule has 6 nitrogen and oxygen atoms in total. The standard InChI is InChI=1S/C21H19Cl2N3O3/c1-14(27)11-26(21(28)18-19(22)24-13-25-20(18)23)16-7-9-17(10-8-16)29-12-15-5-3-2-4-6-15/h2-10,13-14,27H,11-12H2,1H3/t14-/m1/s1. The van der Waals surface area contributed by atoms with Gasteiger partial charge in [-0.05, 0) is 36.8 Å². The van der Waals surface area contributed by atoms with E-state index in [-0.39, 0.29) is 22.4 Å². The Morgan fingerprint density at radius 2 is 1.69 bits per heavy atom. The van der Waals surface area contributed by atoms with Crippen molar-refractivity contribution in [1.29, 1.82) is 0 Å². The second-order valence-corrected chi connectivity index (χ2v) is 7.08. The van der Waals surface area contributed by atoms with Crippen molar-refractivity contribution >= 4 is 34.8 Å². The second-order valence-electron chi connectivity index (χ2n) is 6.36. The molecule has 1 atom stereocenters. The van der Waals surface area contributed by atoms with Crippen LogP contribution in [-0.4, -0.2) is 33.6 Å². The van der Waals surface area contributed by atoms with Crippen LogP contribution < -0.4 is 9.64 Å². The predicted octanol–water partition coefficient (Wildman–Crippen LogP) is 4.39. The zero-order chi connectivity index (χ0) is 20.8. The number of nitrogens with zero attached hydrogens (tertiary/aromatic N) is 3. The summed E-state index contributed by atoms with van der Waals surface area (Å²) in [6.45, 7) is 2.07. The Morgan fingerprint density at radius 1 is 1.07 bits per heavy atom. The van der Waals surface area contributed by atoms with Crippen LogP contribution in [0.3, 0.4) is 0 Å². The number of rotatable bonds is 7. The zero-order valence-electron chi connectivity index (χ0n) is 15.6. The van der Waals surface area contributed by atoms with Gasteiger partial charge in [0.2, 0.25) is 0 Å². The molecule has 1 amide bonds. The van der Waals surface area contributed by atoms with Gasteiger partial charge in [-0.25, -0.2) is 9.97 Å². The summed E-state index contributed by atoms with van der Waals surface area (Å²) in [5, 5.41) is 9.77. The third-order valence-electron chi connectivity index (χ3n) is 4.06. The van der Waals surface area contributed by atoms with Crippen LogP contribution in [0.25, 0.3) is 0 Å². The predicted molar refractivity (Wildman–Crippen MR) is 113 cm³/mol. The lowest BCUT2D eigenvalue weighted by atomic mass is 10.2. The van der Waals surface area contributed by atoms with Crippen molar-refractivity contribution in [2.45, 2.75) is 19.6 Å². The fraction of sp³-hybridized carbons (Fsp3) is 0.190. The number of aliphatic hydroxyl groups excluding tert-OH is 1. The maximum atomic E-state index is 13.1. The fourth-order valence-corrected chi connectivity index (χ4v) is 3.17. The minimum atomic E-state index is -0.768. The van der Waals surface area contributed by atoms with Crippen molar-refractivity contribution in [2.75, 3.05) is 11.4 Å². The third-order valence-corrected chi connectivity index (χ3v) is 4.63. The third kappa shape index (κ3) is 5.44. The van der Waals surface area contributed by atoms with E-state index in [9.17, 15) is 9.90 Å². The molecule has 0 bridgehead atoms. The summed E-state index contributed by atoms with van der Waals surface area (Å²) in [5.41, 5.74) is 1.59. The van der Waals surface area contributed by atoms with E-state index in [0.29, 0.717) is 18.0 Å². The lowest BCUT2D eigenvalue weighted by Crippen LogP contribution is -2.37. The Balaban J connectivity index is 1.81. The molecule has 0 unspecified atom stereocenters. The van der Waals surface area contributed by atoms with Crippen molar-refractivity contribution in [2.24, 2.45) is 0 Å². The molecule has 1 aromatic heterocycles. The highest BCUT2D eigenvalue weighted by Gasteiger charge is 2.25. The van der Waals surface area contributed by atoms with Crippen LogP contribution in [-0.2, 0) is 6.61 Å². The Morgan fingerprint density at radius 3 is 2.28 bits per heavy atom. The Bertz CT molecular complexity index is 946. The van der Waals surface area contributed by atoms with Crippen molar-refractivity contribution < 1.29 is 14.6 Å². The highest BCUT2D eigenvalue weighted by Crippen LogP contribution is 2.26. The first-order valence-electron chi connectivity index (χ1n) is 8.88. The number of aromatic nitrogens is 2. The molecule has 150 valence electrons. The molecule has 0 saturated carbocycles. The number of anilines is 1. The summed E-state index contributed by atoms with van der Waals surface area (Å²) in [7, 11) is 0. The van der Waals surface area contributed by atoms with Gasteiger partial charge < -0.3 is 14.7 Å². The first-order valence-corrected chi connectivity index (χ1v) is 9.64. The van der Waals surface area contributed by atoms with E-state index in [1.54, 1.807) is 31.2 Å². The maximum absolute atomic E-state index is 13.1. The Labute approximate surface area is 178 Å². The van der Waals surface area contributed by atoms with Crippen molar-refractivity contribution in [3.63, 3.8) is 0 Å². The summed E-state index contributed by atoms with van der Waals surface area (Å²) in [4.78, 5) is 22.1. The van der Waals surface area contributed by atoms with E-state index in [2.05, 4.69) is 9.97 Å². The highest BCUT2D eigenvalue weighted by molar-refractivity contribution is 6.39. The molecule has 3 aromatic rings. The largest absolute Gasteiger partial charge is 0.489 e. The number of amides is 1. The molecule has 2 aromatic carbocycles. The molecule has 0 aliphatic rings. The summed E-state index contributed by atoms with van der Waals surface area (Å²) in [6.07, 6.45) is 0.411. The number of carbonyl (C=O) groups is 1. The minimum absolute atomic E-state index is 0.0131. The van der Waals surface area contributed by atoms with Gasteiger partial charge in [-0.15, -0.1) is 0 Å². The smallest absolute Gasteiger partial charge is 0.264 e. The minimum Gasteiger partial charge on any atom is -0.489 e. The van der Waals surface area contributed by atoms with E-state index >= 15 is 0 Å². The molecular formula is C21H19Cl2N3O3. The fourth-order valence-electron chi connectivity index (χ4n) is 2.69. The molecular weight excluding hydrogens is 413 g/mol. The van der Waals surface area contributed by atoms with Gasteiger partial charge in [0, 0.05) is 5.69 Å². The summed E-state index contributed by atoms with van der Waals surface area (Å²) in [6, 6.07) is 16.8. The van der Waals surface area contributed by atoms with Crippen LogP contribution in [0.4, 0.5) is 5.69 Å². The lowest BCUT2D eigenvalue weighted by molar-refractivity contribution is 0.0967. The molecule has 29 heavy (non-hydrogen) atoms. The van der Waals surface area contributed by atoms with Gasteiger partial charge in [-0.1, -0.05) is 53.5 Å². The molecule has 8 heteroatoms. The average Bonchev–Trinajstić information content (AvgIpc) is 2.71. The molecule has 0 spiro atoms. The quantitative estimate of drug-likeness (QED) is 0.561. The number of hydrogen-bond acceptors (Lipinski definition) is 5. The van der Waals surface area contributed by atoms with Gasteiger partial charge in [0.05, 0.1) is 12.6 Å². The molecule has 0 radical (unpaired) electrons. The monoisotopic (exact) mass is 431 g/mol. The number of carbonyl (C=O) groups excluding carboxylic acids is 1. The second kappa shape index (κ2) is 9.69. The van der Waals surface area contributed by atoms with Gasteiger partial charge in [0.15, 0.2) is 0 Å². The molecule has 0 saturated heterocycles. The van der Waals surface area contributed by atoms with Gasteiger partial charge in [-0.2, -0.15) is 0 Å². The number of aliphatic hydroxyl groups is 1. The SMILES string of the molecule is C[C@@H](O)CN(C(=O)c1c(Cl)ncnc1Cl)c1ccc(OCc2ccccc2)cc1. The summed E-state index contributed by atoms with van der Waals surface area (Å²) in [5.74, 6) is 0.153. The summed E-state index contributed by atoms with van der Waals surface area (Å²) < 4.78 is 5.78. The molecule has 0 fully saturated rings. The van der Waals surface area contributed by atoms with Crippen LogP contribution in [0.2, 0.25) is 10.3 Å². The molecule has 0 aliphatic heterocycles. The first kappa shape index (κ1) is 21.0. The van der Waals surface area contributed by atoms with Gasteiger partial charge in [0.1, 0.15) is 34.6 Å². The van der Waals surface area contributed by atoms with Gasteiger partial charge >= 0.3 is 0 Å². The Kier molecular flexibility index (Phi) is 7.04. The molecule has 0 aliphatic carbocycles.